The summed E-state index contributed by atoms with van der Waals surface area (Å²) < 4.78 is 0. The Labute approximate surface area is 203 Å². The summed E-state index contributed by atoms with van der Waals surface area (Å²) in [5.41, 5.74) is 4.44. The summed E-state index contributed by atoms with van der Waals surface area (Å²) in [6.07, 6.45) is 6.21. The molecule has 0 aliphatic rings. The number of nitrogens with zero attached hydrogens (tertiary/aromatic N) is 6. The van der Waals surface area contributed by atoms with E-state index in [0.29, 0.717) is 28.7 Å². The van der Waals surface area contributed by atoms with Crippen LogP contribution in [0.1, 0.15) is 10.5 Å². The zero-order chi connectivity index (χ0) is 24.5. The van der Waals surface area contributed by atoms with Crippen molar-refractivity contribution >= 4 is 50.6 Å². The standard InChI is InChI=1S/C25H16N10O/c1-26-22-13-27-23(34-24(22)31-17-4-5-19-16(8-17)11-30-35-19)15-3-2-14-9-21(33-20(14)10-15)25(36)32-18-6-7-28-29-12-18/h2-13,33H,(H,30,35)(H,27,31,34)(H,28,32,36). The molecule has 6 rings (SSSR count). The van der Waals surface area contributed by atoms with Gasteiger partial charge in [-0.25, -0.2) is 14.8 Å². The molecular formula is C25H16N10O. The third-order valence-corrected chi connectivity index (χ3v) is 5.56. The molecule has 2 aromatic carbocycles. The number of aromatic nitrogens is 7. The number of anilines is 3. The smallest absolute Gasteiger partial charge is 0.272 e. The fraction of sp³-hybridized carbons (Fsp3) is 0. The lowest BCUT2D eigenvalue weighted by Crippen LogP contribution is -2.12. The highest BCUT2D eigenvalue weighted by molar-refractivity contribution is 6.06. The number of fused-ring (bicyclic) bond motifs is 2. The van der Waals surface area contributed by atoms with Crippen molar-refractivity contribution in [3.8, 4) is 11.4 Å². The molecule has 0 aliphatic heterocycles. The molecule has 11 heteroatoms. The van der Waals surface area contributed by atoms with E-state index in [-0.39, 0.29) is 5.91 Å². The fourth-order valence-electron chi connectivity index (χ4n) is 3.80. The zero-order valence-electron chi connectivity index (χ0n) is 18.5. The number of carbonyl (C=O) groups excluding carboxylic acids is 1. The SMILES string of the molecule is [C-]#[N+]c1cnc(-c2ccc3cc(C(=O)Nc4ccnnc4)[nH]c3c2)nc1Nc1ccc2[nH]ncc2c1. The van der Waals surface area contributed by atoms with Gasteiger partial charge >= 0.3 is 0 Å². The minimum absolute atomic E-state index is 0.292. The second kappa shape index (κ2) is 8.62. The molecule has 0 radical (unpaired) electrons. The van der Waals surface area contributed by atoms with E-state index in [9.17, 15) is 4.79 Å². The van der Waals surface area contributed by atoms with E-state index in [0.717, 1.165) is 33.1 Å². The van der Waals surface area contributed by atoms with Gasteiger partial charge in [0.15, 0.2) is 5.82 Å². The van der Waals surface area contributed by atoms with E-state index >= 15 is 0 Å². The average Bonchev–Trinajstić information content (AvgIpc) is 3.55. The average molecular weight is 472 g/mol. The Kier molecular flexibility index (Phi) is 5.01. The van der Waals surface area contributed by atoms with Crippen molar-refractivity contribution in [2.75, 3.05) is 10.6 Å². The van der Waals surface area contributed by atoms with Crippen LogP contribution < -0.4 is 10.6 Å². The number of amides is 1. The number of H-pyrrole nitrogens is 2. The minimum Gasteiger partial charge on any atom is -0.350 e. The normalized spacial score (nSPS) is 10.9. The lowest BCUT2D eigenvalue weighted by atomic mass is 10.1. The van der Waals surface area contributed by atoms with Crippen LogP contribution in [0.4, 0.5) is 22.9 Å². The summed E-state index contributed by atoms with van der Waals surface area (Å²) in [7, 11) is 0. The Morgan fingerprint density at radius 2 is 1.86 bits per heavy atom. The number of benzene rings is 2. The van der Waals surface area contributed by atoms with E-state index in [1.807, 2.05) is 36.4 Å². The maximum Gasteiger partial charge on any atom is 0.272 e. The Hall–Kier alpha value is -5.63. The first-order valence-corrected chi connectivity index (χ1v) is 10.8. The van der Waals surface area contributed by atoms with Gasteiger partial charge in [0.1, 0.15) is 11.5 Å². The van der Waals surface area contributed by atoms with Gasteiger partial charge in [0, 0.05) is 33.7 Å². The maximum absolute atomic E-state index is 12.6. The summed E-state index contributed by atoms with van der Waals surface area (Å²) in [4.78, 5) is 28.3. The lowest BCUT2D eigenvalue weighted by Gasteiger charge is -2.09. The van der Waals surface area contributed by atoms with Crippen molar-refractivity contribution < 1.29 is 4.79 Å². The number of nitrogens with one attached hydrogen (secondary N) is 4. The largest absolute Gasteiger partial charge is 0.350 e. The van der Waals surface area contributed by atoms with Crippen LogP contribution in [0.2, 0.25) is 0 Å². The van der Waals surface area contributed by atoms with Crippen LogP contribution in [-0.2, 0) is 0 Å². The summed E-state index contributed by atoms with van der Waals surface area (Å²) >= 11 is 0. The molecule has 36 heavy (non-hydrogen) atoms. The highest BCUT2D eigenvalue weighted by atomic mass is 16.1. The van der Waals surface area contributed by atoms with Crippen LogP contribution in [0.5, 0.6) is 0 Å². The summed E-state index contributed by atoms with van der Waals surface area (Å²) in [5.74, 6) is 0.551. The number of hydrogen-bond acceptors (Lipinski definition) is 7. The van der Waals surface area contributed by atoms with Gasteiger partial charge in [0.25, 0.3) is 5.91 Å². The number of carbonyl (C=O) groups is 1. The second-order valence-electron chi connectivity index (χ2n) is 7.91. The quantitative estimate of drug-likeness (QED) is 0.263. The molecule has 172 valence electrons. The van der Waals surface area contributed by atoms with Crippen molar-refractivity contribution in [1.29, 1.82) is 0 Å². The van der Waals surface area contributed by atoms with Crippen LogP contribution >= 0.6 is 0 Å². The Morgan fingerprint density at radius 1 is 0.917 bits per heavy atom. The monoisotopic (exact) mass is 472 g/mol. The third kappa shape index (κ3) is 3.95. The van der Waals surface area contributed by atoms with E-state index in [4.69, 9.17) is 6.57 Å². The molecule has 4 heterocycles. The molecule has 0 saturated heterocycles. The maximum atomic E-state index is 12.6. The van der Waals surface area contributed by atoms with E-state index in [2.05, 4.69) is 50.8 Å². The Bertz CT molecular complexity index is 1780. The second-order valence-corrected chi connectivity index (χ2v) is 7.91. The van der Waals surface area contributed by atoms with Crippen molar-refractivity contribution in [3.05, 3.63) is 90.4 Å². The van der Waals surface area contributed by atoms with E-state index < -0.39 is 0 Å². The van der Waals surface area contributed by atoms with Gasteiger partial charge in [-0.05, 0) is 36.4 Å². The molecule has 1 amide bonds. The van der Waals surface area contributed by atoms with Gasteiger partial charge < -0.3 is 15.6 Å². The molecule has 4 N–H and O–H groups in total. The third-order valence-electron chi connectivity index (χ3n) is 5.56. The van der Waals surface area contributed by atoms with Gasteiger partial charge in [0.05, 0.1) is 36.4 Å². The van der Waals surface area contributed by atoms with Crippen LogP contribution in [0.25, 0.3) is 38.0 Å². The molecule has 11 nitrogen and oxygen atoms in total. The van der Waals surface area contributed by atoms with Crippen molar-refractivity contribution in [3.63, 3.8) is 0 Å². The molecule has 0 atom stereocenters. The van der Waals surface area contributed by atoms with Crippen molar-refractivity contribution in [1.82, 2.24) is 35.3 Å². The van der Waals surface area contributed by atoms with Crippen molar-refractivity contribution in [2.45, 2.75) is 0 Å². The predicted octanol–water partition coefficient (Wildman–Crippen LogP) is 4.84. The molecule has 0 fully saturated rings. The summed E-state index contributed by atoms with van der Waals surface area (Å²) in [6.45, 7) is 7.50. The molecule has 0 saturated carbocycles. The molecule has 0 spiro atoms. The Morgan fingerprint density at radius 3 is 2.72 bits per heavy atom. The molecular weight excluding hydrogens is 456 g/mol. The van der Waals surface area contributed by atoms with Gasteiger partial charge in [-0.1, -0.05) is 12.1 Å². The van der Waals surface area contributed by atoms with E-state index in [1.54, 1.807) is 18.3 Å². The number of rotatable bonds is 5. The number of aromatic amines is 2. The van der Waals surface area contributed by atoms with E-state index in [1.165, 1.54) is 18.6 Å². The van der Waals surface area contributed by atoms with Gasteiger partial charge in [-0.15, -0.1) is 0 Å². The first kappa shape index (κ1) is 20.9. The first-order valence-electron chi connectivity index (χ1n) is 10.8. The van der Waals surface area contributed by atoms with Crippen LogP contribution in [0.15, 0.2) is 73.3 Å². The summed E-state index contributed by atoms with van der Waals surface area (Å²) in [5, 5.41) is 22.2. The highest BCUT2D eigenvalue weighted by Gasteiger charge is 2.13. The minimum atomic E-state index is -0.292. The molecule has 6 aromatic rings. The topological polar surface area (TPSA) is 142 Å². The zero-order valence-corrected chi connectivity index (χ0v) is 18.5. The molecule has 0 unspecified atom stereocenters. The van der Waals surface area contributed by atoms with Gasteiger partial charge in [-0.3, -0.25) is 9.89 Å². The van der Waals surface area contributed by atoms with Gasteiger partial charge in [0.2, 0.25) is 5.69 Å². The molecule has 0 bridgehead atoms. The predicted molar refractivity (Wildman–Crippen MR) is 135 cm³/mol. The highest BCUT2D eigenvalue weighted by Crippen LogP contribution is 2.30. The lowest BCUT2D eigenvalue weighted by molar-refractivity contribution is 0.102. The fourth-order valence-corrected chi connectivity index (χ4v) is 3.80. The number of hydrogen-bond donors (Lipinski definition) is 4. The first-order chi connectivity index (χ1) is 17.7. The molecule has 0 aliphatic carbocycles. The van der Waals surface area contributed by atoms with Crippen molar-refractivity contribution in [2.24, 2.45) is 0 Å². The molecule has 4 aromatic heterocycles. The van der Waals surface area contributed by atoms with Crippen LogP contribution in [-0.4, -0.2) is 41.3 Å². The summed E-state index contributed by atoms with van der Waals surface area (Å²) in [6, 6.07) is 14.8. The van der Waals surface area contributed by atoms with Gasteiger partial charge in [-0.2, -0.15) is 15.3 Å². The Balaban J connectivity index is 1.30. The van der Waals surface area contributed by atoms with Crippen LogP contribution in [0.3, 0.4) is 0 Å². The van der Waals surface area contributed by atoms with Crippen LogP contribution in [0, 0.1) is 6.57 Å².